The second-order valence-corrected chi connectivity index (χ2v) is 9.59. The Morgan fingerprint density at radius 3 is 2.16 bits per heavy atom. The highest BCUT2D eigenvalue weighted by molar-refractivity contribution is 7.90. The van der Waals surface area contributed by atoms with Gasteiger partial charge in [-0.15, -0.1) is 0 Å². The Labute approximate surface area is 187 Å². The van der Waals surface area contributed by atoms with Crippen molar-refractivity contribution in [2.45, 2.75) is 39.5 Å². The number of hydrogen-bond donors (Lipinski definition) is 0. The number of oxime groups is 1. The first-order chi connectivity index (χ1) is 15.0. The van der Waals surface area contributed by atoms with E-state index in [0.717, 1.165) is 5.56 Å². The zero-order valence-corrected chi connectivity index (χ0v) is 19.4. The van der Waals surface area contributed by atoms with Crippen LogP contribution in [0.2, 0.25) is 0 Å². The molecule has 166 valence electrons. The lowest BCUT2D eigenvalue weighted by Crippen LogP contribution is -2.17. The van der Waals surface area contributed by atoms with E-state index in [9.17, 15) is 18.0 Å². The van der Waals surface area contributed by atoms with Gasteiger partial charge in [0, 0.05) is 17.2 Å². The van der Waals surface area contributed by atoms with Crippen molar-refractivity contribution in [3.8, 4) is 0 Å². The van der Waals surface area contributed by atoms with E-state index in [-0.39, 0.29) is 33.6 Å². The number of aryl methyl sites for hydroxylation is 1. The zero-order chi connectivity index (χ0) is 23.6. The van der Waals surface area contributed by atoms with E-state index in [2.05, 4.69) is 9.55 Å². The molecule has 0 heterocycles. The molecule has 7 nitrogen and oxygen atoms in total. The summed E-state index contributed by atoms with van der Waals surface area (Å²) in [5, 5.41) is 4.04. The number of sulfonamides is 1. The minimum atomic E-state index is -3.97. The van der Waals surface area contributed by atoms with E-state index < -0.39 is 15.8 Å². The van der Waals surface area contributed by atoms with Crippen molar-refractivity contribution in [3.05, 3.63) is 76.6 Å². The van der Waals surface area contributed by atoms with Crippen LogP contribution < -0.4 is 0 Å². The average Bonchev–Trinajstić information content (AvgIpc) is 2.70. The number of ketones is 2. The van der Waals surface area contributed by atoms with Gasteiger partial charge in [0.25, 0.3) is 10.0 Å². The third-order valence-corrected chi connectivity index (χ3v) is 6.28. The molecule has 0 aliphatic heterocycles. The number of nitrogens with zero attached hydrogens (tertiary/aromatic N) is 2. The smallest absolute Gasteiger partial charge is 0.282 e. The van der Waals surface area contributed by atoms with E-state index in [1.54, 1.807) is 32.1 Å². The second-order valence-electron chi connectivity index (χ2n) is 7.98. The predicted octanol–water partition coefficient (Wildman–Crippen LogP) is 4.02. The van der Waals surface area contributed by atoms with Crippen molar-refractivity contribution in [1.82, 2.24) is 0 Å². The lowest BCUT2D eigenvalue weighted by Gasteiger charge is -2.15. The van der Waals surface area contributed by atoms with Gasteiger partial charge in [0.15, 0.2) is 5.78 Å². The summed E-state index contributed by atoms with van der Waals surface area (Å²) >= 11 is 0. The van der Waals surface area contributed by atoms with Crippen LogP contribution in [0.5, 0.6) is 0 Å². The third kappa shape index (κ3) is 5.08. The molecule has 0 saturated carbocycles. The summed E-state index contributed by atoms with van der Waals surface area (Å²) in [6.45, 7) is 8.91. The first kappa shape index (κ1) is 23.3. The van der Waals surface area contributed by atoms with Gasteiger partial charge >= 0.3 is 0 Å². The molecule has 0 N–H and O–H groups in total. The van der Waals surface area contributed by atoms with Crippen LogP contribution >= 0.6 is 0 Å². The molecule has 0 saturated heterocycles. The molecule has 3 rings (SSSR count). The Morgan fingerprint density at radius 1 is 0.875 bits per heavy atom. The van der Waals surface area contributed by atoms with Crippen molar-refractivity contribution >= 4 is 33.0 Å². The second kappa shape index (κ2) is 9.00. The molecule has 8 heteroatoms. The predicted molar refractivity (Wildman–Crippen MR) is 123 cm³/mol. The lowest BCUT2D eigenvalue weighted by atomic mass is 9.90. The van der Waals surface area contributed by atoms with Crippen LogP contribution in [0.1, 0.15) is 33.3 Å². The van der Waals surface area contributed by atoms with Crippen LogP contribution in [0.25, 0.3) is 0 Å². The Hall–Kier alpha value is -3.39. The Morgan fingerprint density at radius 2 is 1.53 bits per heavy atom. The maximum Gasteiger partial charge on any atom is 0.282 e. The monoisotopic (exact) mass is 452 g/mol. The SMILES string of the molecule is CC1=CC(=NS(=O)(=O)c2ccc(C)cc2)C=C(ON=C2C=C(C(C)C)C(=O)C=C2C)C1=O. The Balaban J connectivity index is 1.93. The van der Waals surface area contributed by atoms with Crippen LogP contribution in [-0.4, -0.2) is 31.4 Å². The first-order valence-electron chi connectivity index (χ1n) is 10.0. The molecule has 0 unspecified atom stereocenters. The van der Waals surface area contributed by atoms with Crippen LogP contribution in [-0.2, 0) is 24.4 Å². The molecule has 0 radical (unpaired) electrons. The fourth-order valence-electron chi connectivity index (χ4n) is 3.08. The first-order valence-corrected chi connectivity index (χ1v) is 11.5. The summed E-state index contributed by atoms with van der Waals surface area (Å²) in [7, 11) is -3.97. The molecule has 2 aliphatic carbocycles. The quantitative estimate of drug-likeness (QED) is 0.496. The number of carbonyl (C=O) groups excluding carboxylic acids is 2. The van der Waals surface area contributed by atoms with Gasteiger partial charge in [0.05, 0.1) is 10.6 Å². The van der Waals surface area contributed by atoms with Gasteiger partial charge in [-0.3, -0.25) is 9.59 Å². The Bertz CT molecular complexity index is 1270. The molecule has 1 aromatic carbocycles. The molecular weight excluding hydrogens is 428 g/mol. The van der Waals surface area contributed by atoms with E-state index >= 15 is 0 Å². The maximum absolute atomic E-state index is 12.6. The van der Waals surface area contributed by atoms with Crippen molar-refractivity contribution in [3.63, 3.8) is 0 Å². The number of carbonyl (C=O) groups is 2. The van der Waals surface area contributed by atoms with Crippen LogP contribution in [0.4, 0.5) is 0 Å². The summed E-state index contributed by atoms with van der Waals surface area (Å²) in [6, 6.07) is 6.32. The molecule has 0 fully saturated rings. The van der Waals surface area contributed by atoms with E-state index in [0.29, 0.717) is 16.9 Å². The average molecular weight is 453 g/mol. The summed E-state index contributed by atoms with van der Waals surface area (Å²) in [6.07, 6.45) is 5.73. The number of benzene rings is 1. The van der Waals surface area contributed by atoms with Crippen LogP contribution in [0.3, 0.4) is 0 Å². The molecule has 0 atom stereocenters. The highest BCUT2D eigenvalue weighted by atomic mass is 32.2. The van der Waals surface area contributed by atoms with E-state index in [1.807, 2.05) is 20.8 Å². The summed E-state index contributed by atoms with van der Waals surface area (Å²) in [5.74, 6) is -0.662. The lowest BCUT2D eigenvalue weighted by molar-refractivity contribution is -0.115. The maximum atomic E-state index is 12.6. The number of hydrogen-bond acceptors (Lipinski definition) is 6. The normalized spacial score (nSPS) is 19.7. The van der Waals surface area contributed by atoms with Crippen molar-refractivity contribution in [2.24, 2.45) is 15.5 Å². The number of Topliss-reactive ketones (excluding diaryl/α,β-unsaturated/α-hetero) is 1. The van der Waals surface area contributed by atoms with Gasteiger partial charge in [-0.05, 0) is 62.6 Å². The zero-order valence-electron chi connectivity index (χ0n) is 18.5. The number of allylic oxidation sites excluding steroid dienone is 7. The molecule has 0 bridgehead atoms. The largest absolute Gasteiger partial charge is 0.352 e. The summed E-state index contributed by atoms with van der Waals surface area (Å²) in [4.78, 5) is 30.1. The van der Waals surface area contributed by atoms with Gasteiger partial charge in [-0.25, -0.2) is 0 Å². The van der Waals surface area contributed by atoms with Crippen LogP contribution in [0, 0.1) is 12.8 Å². The van der Waals surface area contributed by atoms with Crippen molar-refractivity contribution in [1.29, 1.82) is 0 Å². The summed E-state index contributed by atoms with van der Waals surface area (Å²) < 4.78 is 29.1. The van der Waals surface area contributed by atoms with Crippen molar-refractivity contribution < 1.29 is 22.8 Å². The van der Waals surface area contributed by atoms with E-state index in [4.69, 9.17) is 4.84 Å². The minimum absolute atomic E-state index is 0.00322. The van der Waals surface area contributed by atoms with Gasteiger partial charge < -0.3 is 4.84 Å². The Kier molecular flexibility index (Phi) is 6.55. The molecule has 0 aromatic heterocycles. The number of rotatable bonds is 5. The molecule has 1 aromatic rings. The minimum Gasteiger partial charge on any atom is -0.352 e. The fourth-order valence-corrected chi connectivity index (χ4v) is 4.05. The molecule has 32 heavy (non-hydrogen) atoms. The van der Waals surface area contributed by atoms with E-state index in [1.165, 1.54) is 30.4 Å². The highest BCUT2D eigenvalue weighted by Gasteiger charge is 2.24. The topological polar surface area (TPSA) is 102 Å². The summed E-state index contributed by atoms with van der Waals surface area (Å²) in [5.41, 5.74) is 2.86. The van der Waals surface area contributed by atoms with Gasteiger partial charge in [-0.1, -0.05) is 36.7 Å². The van der Waals surface area contributed by atoms with Gasteiger partial charge in [-0.2, -0.15) is 12.8 Å². The molecule has 0 spiro atoms. The molecule has 2 aliphatic rings. The van der Waals surface area contributed by atoms with Crippen molar-refractivity contribution in [2.75, 3.05) is 0 Å². The van der Waals surface area contributed by atoms with Gasteiger partial charge in [0.2, 0.25) is 11.5 Å². The molecular formula is C24H24N2O5S. The fraction of sp³-hybridized carbons (Fsp3) is 0.250. The van der Waals surface area contributed by atoms with Gasteiger partial charge in [0.1, 0.15) is 5.71 Å². The van der Waals surface area contributed by atoms with Crippen LogP contribution in [0.15, 0.2) is 85.5 Å². The highest BCUT2D eigenvalue weighted by Crippen LogP contribution is 2.22. The standard InChI is InChI=1S/C24H24N2O5S/c1-14(2)20-13-21(16(4)11-22(20)27)25-31-23-12-18(10-17(5)24(23)28)26-32(29,30)19-8-6-15(3)7-9-19/h6-14H,1-5H3. The molecule has 0 amide bonds. The third-order valence-electron chi connectivity index (χ3n) is 4.96.